The van der Waals surface area contributed by atoms with Crippen molar-refractivity contribution in [1.82, 2.24) is 4.31 Å². The fourth-order valence-electron chi connectivity index (χ4n) is 1.81. The first-order chi connectivity index (χ1) is 8.33. The number of aliphatic hydroxyl groups excluding tert-OH is 1. The Morgan fingerprint density at radius 3 is 2.28 bits per heavy atom. The third kappa shape index (κ3) is 4.40. The average molecular weight is 271 g/mol. The summed E-state index contributed by atoms with van der Waals surface area (Å²) in [6, 6.07) is 9.56. The van der Waals surface area contributed by atoms with Crippen molar-refractivity contribution in [2.24, 2.45) is 0 Å². The Morgan fingerprint density at radius 1 is 1.22 bits per heavy atom. The van der Waals surface area contributed by atoms with Gasteiger partial charge in [-0.1, -0.05) is 37.3 Å². The summed E-state index contributed by atoms with van der Waals surface area (Å²) in [6.07, 6.45) is -0.656. The van der Waals surface area contributed by atoms with Crippen molar-refractivity contribution in [3.63, 3.8) is 0 Å². The molecule has 1 aromatic carbocycles. The molecular formula is C13H21NO3S. The number of aliphatic hydroxyl groups is 1. The molecule has 0 saturated carbocycles. The molecule has 0 amide bonds. The largest absolute Gasteiger partial charge is 0.392 e. The predicted octanol–water partition coefficient (Wildman–Crippen LogP) is 1.43. The van der Waals surface area contributed by atoms with E-state index in [-0.39, 0.29) is 18.2 Å². The lowest BCUT2D eigenvalue weighted by Gasteiger charge is -2.21. The molecule has 0 aliphatic carbocycles. The van der Waals surface area contributed by atoms with Crippen molar-refractivity contribution >= 4 is 10.0 Å². The summed E-state index contributed by atoms with van der Waals surface area (Å²) in [4.78, 5) is 0. The zero-order valence-electron chi connectivity index (χ0n) is 11.1. The third-order valence-electron chi connectivity index (χ3n) is 2.83. The molecule has 0 spiro atoms. The molecule has 0 aliphatic rings. The van der Waals surface area contributed by atoms with Crippen LogP contribution in [0, 0.1) is 0 Å². The highest BCUT2D eigenvalue weighted by atomic mass is 32.2. The van der Waals surface area contributed by atoms with Crippen LogP contribution >= 0.6 is 0 Å². The minimum absolute atomic E-state index is 0.0558. The van der Waals surface area contributed by atoms with Crippen molar-refractivity contribution in [2.75, 3.05) is 19.3 Å². The molecule has 4 nitrogen and oxygen atoms in total. The second-order valence-electron chi connectivity index (χ2n) is 4.72. The molecule has 5 heteroatoms. The first kappa shape index (κ1) is 15.1. The van der Waals surface area contributed by atoms with Crippen molar-refractivity contribution < 1.29 is 13.5 Å². The molecule has 0 radical (unpaired) electrons. The number of hydrogen-bond acceptors (Lipinski definition) is 3. The molecule has 0 bridgehead atoms. The van der Waals surface area contributed by atoms with Crippen LogP contribution in [0.5, 0.6) is 0 Å². The van der Waals surface area contributed by atoms with Crippen LogP contribution in [0.15, 0.2) is 30.3 Å². The molecule has 102 valence electrons. The van der Waals surface area contributed by atoms with Crippen molar-refractivity contribution in [3.8, 4) is 0 Å². The summed E-state index contributed by atoms with van der Waals surface area (Å²) >= 11 is 0. The number of hydrogen-bond donors (Lipinski definition) is 1. The maximum atomic E-state index is 12.1. The number of likely N-dealkylation sites (N-methyl/N-ethyl adjacent to an activating group) is 1. The van der Waals surface area contributed by atoms with Gasteiger partial charge in [-0.25, -0.2) is 12.7 Å². The van der Waals surface area contributed by atoms with Crippen molar-refractivity contribution in [2.45, 2.75) is 25.9 Å². The first-order valence-corrected chi connectivity index (χ1v) is 7.61. The highest BCUT2D eigenvalue weighted by Gasteiger charge is 2.22. The van der Waals surface area contributed by atoms with E-state index >= 15 is 0 Å². The summed E-state index contributed by atoms with van der Waals surface area (Å²) < 4.78 is 25.3. The fraction of sp³-hybridized carbons (Fsp3) is 0.538. The van der Waals surface area contributed by atoms with E-state index in [0.29, 0.717) is 0 Å². The van der Waals surface area contributed by atoms with E-state index < -0.39 is 16.1 Å². The Kier molecular flexibility index (Phi) is 5.31. The van der Waals surface area contributed by atoms with Gasteiger partial charge >= 0.3 is 0 Å². The molecule has 1 rings (SSSR count). The lowest BCUT2D eigenvalue weighted by Crippen LogP contribution is -2.35. The fourth-order valence-corrected chi connectivity index (χ4v) is 3.33. The van der Waals surface area contributed by atoms with Gasteiger partial charge in [-0.3, -0.25) is 0 Å². The second kappa shape index (κ2) is 6.31. The molecule has 0 saturated heterocycles. The van der Waals surface area contributed by atoms with Gasteiger partial charge in [0, 0.05) is 13.6 Å². The monoisotopic (exact) mass is 271 g/mol. The summed E-state index contributed by atoms with van der Waals surface area (Å²) in [5.41, 5.74) is 1.01. The molecule has 0 fully saturated rings. The summed E-state index contributed by atoms with van der Waals surface area (Å²) in [5, 5.41) is 9.23. The normalized spacial score (nSPS) is 15.6. The van der Waals surface area contributed by atoms with Gasteiger partial charge in [-0.15, -0.1) is 0 Å². The Labute approximate surface area is 109 Å². The van der Waals surface area contributed by atoms with Crippen LogP contribution in [0.1, 0.15) is 25.3 Å². The topological polar surface area (TPSA) is 57.6 Å². The minimum Gasteiger partial charge on any atom is -0.392 e. The molecular weight excluding hydrogens is 250 g/mol. The molecule has 0 aromatic heterocycles. The average Bonchev–Trinajstić information content (AvgIpc) is 2.28. The Bertz CT molecular complexity index is 456. The van der Waals surface area contributed by atoms with Crippen LogP contribution in [0.25, 0.3) is 0 Å². The maximum absolute atomic E-state index is 12.1. The highest BCUT2D eigenvalue weighted by Crippen LogP contribution is 2.18. The van der Waals surface area contributed by atoms with Gasteiger partial charge in [-0.05, 0) is 18.4 Å². The number of sulfonamides is 1. The van der Waals surface area contributed by atoms with Crippen molar-refractivity contribution in [3.05, 3.63) is 35.9 Å². The Morgan fingerprint density at radius 2 is 1.78 bits per heavy atom. The zero-order chi connectivity index (χ0) is 13.8. The summed E-state index contributed by atoms with van der Waals surface area (Å²) in [6.45, 7) is 3.60. The minimum atomic E-state index is -3.33. The number of rotatable bonds is 6. The summed E-state index contributed by atoms with van der Waals surface area (Å²) in [7, 11) is -1.83. The lowest BCUT2D eigenvalue weighted by atomic mass is 10.0. The van der Waals surface area contributed by atoms with Gasteiger partial charge in [0.1, 0.15) is 0 Å². The molecule has 1 aromatic rings. The van der Waals surface area contributed by atoms with E-state index in [1.54, 1.807) is 6.92 Å². The molecule has 2 atom stereocenters. The quantitative estimate of drug-likeness (QED) is 0.851. The van der Waals surface area contributed by atoms with E-state index in [9.17, 15) is 13.5 Å². The van der Waals surface area contributed by atoms with E-state index in [2.05, 4.69) is 0 Å². The predicted molar refractivity (Wildman–Crippen MR) is 73.0 cm³/mol. The van der Waals surface area contributed by atoms with E-state index in [0.717, 1.165) is 5.56 Å². The SMILES string of the molecule is CC(O)CN(C)S(=O)(=O)CC(C)c1ccccc1. The van der Waals surface area contributed by atoms with Crippen LogP contribution in [0.4, 0.5) is 0 Å². The van der Waals surface area contributed by atoms with Crippen LogP contribution in [-0.2, 0) is 10.0 Å². The summed E-state index contributed by atoms with van der Waals surface area (Å²) in [5.74, 6) is -0.00658. The number of benzene rings is 1. The van der Waals surface area contributed by atoms with Crippen molar-refractivity contribution in [1.29, 1.82) is 0 Å². The smallest absolute Gasteiger partial charge is 0.214 e. The van der Waals surface area contributed by atoms with E-state index in [1.165, 1.54) is 11.4 Å². The van der Waals surface area contributed by atoms with Gasteiger partial charge in [0.15, 0.2) is 0 Å². The molecule has 0 aliphatic heterocycles. The van der Waals surface area contributed by atoms with Gasteiger partial charge in [0.05, 0.1) is 11.9 Å². The third-order valence-corrected chi connectivity index (χ3v) is 4.85. The molecule has 18 heavy (non-hydrogen) atoms. The van der Waals surface area contributed by atoms with Crippen LogP contribution < -0.4 is 0 Å². The zero-order valence-corrected chi connectivity index (χ0v) is 11.9. The molecule has 2 unspecified atom stereocenters. The van der Waals surface area contributed by atoms with Crippen LogP contribution in [0.3, 0.4) is 0 Å². The second-order valence-corrected chi connectivity index (χ2v) is 6.84. The Hall–Kier alpha value is -0.910. The first-order valence-electron chi connectivity index (χ1n) is 6.00. The van der Waals surface area contributed by atoms with Gasteiger partial charge in [0.25, 0.3) is 0 Å². The Balaban J connectivity index is 2.71. The lowest BCUT2D eigenvalue weighted by molar-refractivity contribution is 0.171. The molecule has 0 heterocycles. The van der Waals surface area contributed by atoms with Crippen LogP contribution in [0.2, 0.25) is 0 Å². The maximum Gasteiger partial charge on any atom is 0.214 e. The van der Waals surface area contributed by atoms with E-state index in [4.69, 9.17) is 0 Å². The van der Waals surface area contributed by atoms with Gasteiger partial charge in [-0.2, -0.15) is 0 Å². The van der Waals surface area contributed by atoms with Gasteiger partial charge < -0.3 is 5.11 Å². The van der Waals surface area contributed by atoms with E-state index in [1.807, 2.05) is 37.3 Å². The van der Waals surface area contributed by atoms with Crippen LogP contribution in [-0.4, -0.2) is 43.3 Å². The van der Waals surface area contributed by atoms with Gasteiger partial charge in [0.2, 0.25) is 10.0 Å². The standard InChI is InChI=1S/C13H21NO3S/c1-11(13-7-5-4-6-8-13)10-18(16,17)14(3)9-12(2)15/h4-8,11-12,15H,9-10H2,1-3H3. The highest BCUT2D eigenvalue weighted by molar-refractivity contribution is 7.89. The molecule has 1 N–H and O–H groups in total. The number of nitrogens with zero attached hydrogens (tertiary/aromatic N) is 1.